The molecule has 2 aromatic rings. The van der Waals surface area contributed by atoms with Crippen LogP contribution >= 0.6 is 11.3 Å². The van der Waals surface area contributed by atoms with E-state index in [4.69, 9.17) is 4.74 Å². The second-order valence-electron chi connectivity index (χ2n) is 5.23. The Morgan fingerprint density at radius 2 is 1.91 bits per heavy atom. The average Bonchev–Trinajstić information content (AvgIpc) is 3.02. The molecule has 0 unspecified atom stereocenters. The van der Waals surface area contributed by atoms with E-state index in [-0.39, 0.29) is 5.91 Å². The first-order valence-electron chi connectivity index (χ1n) is 7.25. The summed E-state index contributed by atoms with van der Waals surface area (Å²) in [6.45, 7) is 5.39. The molecule has 1 atom stereocenters. The minimum Gasteiger partial charge on any atom is -0.449 e. The number of nitrogens with one attached hydrogen (secondary N) is 1. The van der Waals surface area contributed by atoms with Crippen molar-refractivity contribution in [2.24, 2.45) is 0 Å². The third-order valence-corrected chi connectivity index (χ3v) is 4.05. The summed E-state index contributed by atoms with van der Waals surface area (Å²) in [6.07, 6.45) is 2.12. The number of rotatable bonds is 5. The fourth-order valence-electron chi connectivity index (χ4n) is 2.04. The number of anilines is 1. The van der Waals surface area contributed by atoms with E-state index in [1.807, 2.05) is 48.9 Å². The average molecular weight is 329 g/mol. The first kappa shape index (κ1) is 17.0. The monoisotopic (exact) mass is 329 g/mol. The van der Waals surface area contributed by atoms with Crippen LogP contribution in [0, 0.1) is 13.8 Å². The van der Waals surface area contributed by atoms with E-state index in [9.17, 15) is 9.59 Å². The van der Waals surface area contributed by atoms with E-state index in [2.05, 4.69) is 5.32 Å². The third-order valence-electron chi connectivity index (χ3n) is 3.35. The lowest BCUT2D eigenvalue weighted by Crippen LogP contribution is -2.30. The van der Waals surface area contributed by atoms with Gasteiger partial charge in [-0.1, -0.05) is 18.2 Å². The molecule has 1 heterocycles. The highest BCUT2D eigenvalue weighted by atomic mass is 32.1. The molecule has 1 aromatic carbocycles. The van der Waals surface area contributed by atoms with Gasteiger partial charge in [0.15, 0.2) is 6.10 Å². The van der Waals surface area contributed by atoms with E-state index in [0.717, 1.165) is 22.4 Å². The molecule has 120 valence electrons. The molecular formula is C18H19NO3S. The Morgan fingerprint density at radius 1 is 1.22 bits per heavy atom. The Kier molecular flexibility index (Phi) is 5.71. The van der Waals surface area contributed by atoms with Gasteiger partial charge in [0.05, 0.1) is 0 Å². The first-order valence-corrected chi connectivity index (χ1v) is 8.19. The van der Waals surface area contributed by atoms with Crippen LogP contribution in [0.15, 0.2) is 41.1 Å². The standard InChI is InChI=1S/C18H19NO3S/c1-12-5-4-6-13(2)17(12)19-18(21)14(3)22-16(20)8-7-15-9-10-23-11-15/h4-11,14H,1-3H3,(H,19,21)/b8-7+/t14-/m1/s1. The molecule has 4 nitrogen and oxygen atoms in total. The number of esters is 1. The Labute approximate surface area is 139 Å². The fourth-order valence-corrected chi connectivity index (χ4v) is 2.67. The van der Waals surface area contributed by atoms with Gasteiger partial charge in [0, 0.05) is 11.8 Å². The number of hydrogen-bond acceptors (Lipinski definition) is 4. The van der Waals surface area contributed by atoms with E-state index in [1.54, 1.807) is 24.3 Å². The molecule has 0 saturated heterocycles. The molecule has 1 N–H and O–H groups in total. The second kappa shape index (κ2) is 7.74. The van der Waals surface area contributed by atoms with E-state index >= 15 is 0 Å². The molecule has 0 aliphatic heterocycles. The van der Waals surface area contributed by atoms with Crippen molar-refractivity contribution in [1.82, 2.24) is 0 Å². The zero-order valence-corrected chi connectivity index (χ0v) is 14.1. The molecule has 0 fully saturated rings. The summed E-state index contributed by atoms with van der Waals surface area (Å²) < 4.78 is 5.13. The molecule has 23 heavy (non-hydrogen) atoms. The van der Waals surface area contributed by atoms with Crippen molar-refractivity contribution in [3.63, 3.8) is 0 Å². The van der Waals surface area contributed by atoms with Gasteiger partial charge in [-0.05, 0) is 60.4 Å². The minimum atomic E-state index is -0.867. The number of thiophene rings is 1. The normalized spacial score (nSPS) is 12.1. The summed E-state index contributed by atoms with van der Waals surface area (Å²) in [6, 6.07) is 7.66. The van der Waals surface area contributed by atoms with E-state index in [1.165, 1.54) is 6.08 Å². The van der Waals surface area contributed by atoms with Crippen LogP contribution in [0.25, 0.3) is 6.08 Å². The van der Waals surface area contributed by atoms with Gasteiger partial charge >= 0.3 is 5.97 Å². The van der Waals surface area contributed by atoms with Crippen LogP contribution in [0.3, 0.4) is 0 Å². The summed E-state index contributed by atoms with van der Waals surface area (Å²) in [5.41, 5.74) is 3.62. The molecule has 0 spiro atoms. The van der Waals surface area contributed by atoms with Crippen molar-refractivity contribution in [2.75, 3.05) is 5.32 Å². The van der Waals surface area contributed by atoms with Gasteiger partial charge in [0.2, 0.25) is 0 Å². The molecule has 0 saturated carbocycles. The number of amides is 1. The van der Waals surface area contributed by atoms with Crippen LogP contribution in [0.4, 0.5) is 5.69 Å². The predicted octanol–water partition coefficient (Wildman–Crippen LogP) is 3.95. The van der Waals surface area contributed by atoms with Gasteiger partial charge in [-0.3, -0.25) is 4.79 Å². The number of ether oxygens (including phenoxy) is 1. The number of carbonyl (C=O) groups is 2. The molecule has 2 rings (SSSR count). The molecule has 0 aliphatic rings. The Hall–Kier alpha value is -2.40. The molecular weight excluding hydrogens is 310 g/mol. The topological polar surface area (TPSA) is 55.4 Å². The van der Waals surface area contributed by atoms with Crippen LogP contribution in [0.1, 0.15) is 23.6 Å². The second-order valence-corrected chi connectivity index (χ2v) is 6.01. The van der Waals surface area contributed by atoms with Gasteiger partial charge in [0.1, 0.15) is 0 Å². The predicted molar refractivity (Wildman–Crippen MR) is 93.5 cm³/mol. The van der Waals surface area contributed by atoms with Crippen molar-refractivity contribution in [3.8, 4) is 0 Å². The lowest BCUT2D eigenvalue weighted by molar-refractivity contribution is -0.148. The van der Waals surface area contributed by atoms with Crippen LogP contribution in [-0.2, 0) is 14.3 Å². The largest absolute Gasteiger partial charge is 0.449 e. The van der Waals surface area contributed by atoms with Crippen molar-refractivity contribution >= 4 is 35.0 Å². The van der Waals surface area contributed by atoms with Crippen LogP contribution in [0.5, 0.6) is 0 Å². The van der Waals surface area contributed by atoms with Crippen molar-refractivity contribution < 1.29 is 14.3 Å². The van der Waals surface area contributed by atoms with Crippen molar-refractivity contribution in [3.05, 3.63) is 57.8 Å². The molecule has 0 aliphatic carbocycles. The zero-order chi connectivity index (χ0) is 16.8. The summed E-state index contributed by atoms with van der Waals surface area (Å²) in [5.74, 6) is -0.889. The smallest absolute Gasteiger partial charge is 0.331 e. The van der Waals surface area contributed by atoms with Crippen LogP contribution < -0.4 is 5.32 Å². The Bertz CT molecular complexity index is 700. The van der Waals surface area contributed by atoms with Crippen molar-refractivity contribution in [1.29, 1.82) is 0 Å². The maximum absolute atomic E-state index is 12.2. The van der Waals surface area contributed by atoms with E-state index < -0.39 is 12.1 Å². The van der Waals surface area contributed by atoms with Gasteiger partial charge < -0.3 is 10.1 Å². The molecule has 1 aromatic heterocycles. The Morgan fingerprint density at radius 3 is 2.52 bits per heavy atom. The molecule has 5 heteroatoms. The van der Waals surface area contributed by atoms with Crippen molar-refractivity contribution in [2.45, 2.75) is 26.9 Å². The lowest BCUT2D eigenvalue weighted by atomic mass is 10.1. The highest BCUT2D eigenvalue weighted by molar-refractivity contribution is 7.08. The summed E-state index contributed by atoms with van der Waals surface area (Å²) in [5, 5.41) is 6.65. The zero-order valence-electron chi connectivity index (χ0n) is 13.3. The molecule has 0 bridgehead atoms. The quantitative estimate of drug-likeness (QED) is 0.667. The first-order chi connectivity index (χ1) is 11.0. The minimum absolute atomic E-state index is 0.348. The van der Waals surface area contributed by atoms with Gasteiger partial charge in [0.25, 0.3) is 5.91 Å². The number of benzene rings is 1. The fraction of sp³-hybridized carbons (Fsp3) is 0.222. The summed E-state index contributed by atoms with van der Waals surface area (Å²) in [7, 11) is 0. The summed E-state index contributed by atoms with van der Waals surface area (Å²) >= 11 is 1.55. The van der Waals surface area contributed by atoms with E-state index in [0.29, 0.717) is 0 Å². The molecule has 1 amide bonds. The number of hydrogen-bond donors (Lipinski definition) is 1. The number of para-hydroxylation sites is 1. The maximum Gasteiger partial charge on any atom is 0.331 e. The van der Waals surface area contributed by atoms with Gasteiger partial charge in [-0.15, -0.1) is 0 Å². The number of carbonyl (C=O) groups excluding carboxylic acids is 2. The van der Waals surface area contributed by atoms with Crippen LogP contribution in [-0.4, -0.2) is 18.0 Å². The number of aryl methyl sites for hydroxylation is 2. The van der Waals surface area contributed by atoms with Crippen LogP contribution in [0.2, 0.25) is 0 Å². The molecule has 0 radical (unpaired) electrons. The lowest BCUT2D eigenvalue weighted by Gasteiger charge is -2.15. The SMILES string of the molecule is Cc1cccc(C)c1NC(=O)[C@@H](C)OC(=O)/C=C/c1ccsc1. The van der Waals surface area contributed by atoms with Gasteiger partial charge in [-0.2, -0.15) is 11.3 Å². The summed E-state index contributed by atoms with van der Waals surface area (Å²) in [4.78, 5) is 23.9. The Balaban J connectivity index is 1.93. The van der Waals surface area contributed by atoms with Gasteiger partial charge in [-0.25, -0.2) is 4.79 Å². The highest BCUT2D eigenvalue weighted by Crippen LogP contribution is 2.19. The maximum atomic E-state index is 12.2. The highest BCUT2D eigenvalue weighted by Gasteiger charge is 2.18. The third kappa shape index (κ3) is 4.79.